The Morgan fingerprint density at radius 3 is 2.67 bits per heavy atom. The van der Waals surface area contributed by atoms with Crippen LogP contribution in [0.25, 0.3) is 0 Å². The van der Waals surface area contributed by atoms with Gasteiger partial charge in [0.15, 0.2) is 5.84 Å². The maximum atomic E-state index is 10.8. The Balaban J connectivity index is 2.42. The minimum absolute atomic E-state index is 0.218. The highest BCUT2D eigenvalue weighted by molar-refractivity contribution is 7.99. The molecule has 8 heteroatoms. The molecular weight excluding hydrogens is 292 g/mol. The summed E-state index contributed by atoms with van der Waals surface area (Å²) in [6.07, 6.45) is 1.14. The second kappa shape index (κ2) is 6.23. The number of aryl methyl sites for hydroxylation is 1. The zero-order valence-electron chi connectivity index (χ0n) is 11.1. The van der Waals surface area contributed by atoms with E-state index in [0.717, 1.165) is 16.7 Å². The van der Waals surface area contributed by atoms with Crippen molar-refractivity contribution in [2.75, 3.05) is 0 Å². The Labute approximate surface area is 124 Å². The summed E-state index contributed by atoms with van der Waals surface area (Å²) in [7, 11) is 0. The summed E-state index contributed by atoms with van der Waals surface area (Å²) in [6.45, 7) is 1.97. The number of nitrogens with zero attached hydrogens (tertiary/aromatic N) is 3. The second-order valence-corrected chi connectivity index (χ2v) is 5.27. The van der Waals surface area contributed by atoms with Gasteiger partial charge in [0, 0.05) is 11.0 Å². The molecule has 0 spiro atoms. The molecule has 0 aliphatic rings. The van der Waals surface area contributed by atoms with Crippen LogP contribution < -0.4 is 5.73 Å². The molecule has 1 aromatic heterocycles. The summed E-state index contributed by atoms with van der Waals surface area (Å²) < 4.78 is 0. The summed E-state index contributed by atoms with van der Waals surface area (Å²) in [5.74, 6) is -0.221. The molecule has 0 aliphatic heterocycles. The Hall–Kier alpha value is -2.61. The summed E-state index contributed by atoms with van der Waals surface area (Å²) in [4.78, 5) is 15.1. The van der Waals surface area contributed by atoms with E-state index in [0.29, 0.717) is 5.03 Å². The van der Waals surface area contributed by atoms with Crippen LogP contribution in [0.3, 0.4) is 0 Å². The number of amidine groups is 1. The van der Waals surface area contributed by atoms with Crippen molar-refractivity contribution < 1.29 is 10.1 Å². The van der Waals surface area contributed by atoms with Gasteiger partial charge < -0.3 is 10.9 Å². The van der Waals surface area contributed by atoms with Crippen LogP contribution in [0.15, 0.2) is 51.6 Å². The van der Waals surface area contributed by atoms with E-state index < -0.39 is 4.92 Å². The van der Waals surface area contributed by atoms with Crippen molar-refractivity contribution in [1.29, 1.82) is 0 Å². The van der Waals surface area contributed by atoms with Crippen molar-refractivity contribution >= 4 is 23.3 Å². The molecule has 108 valence electrons. The zero-order valence-corrected chi connectivity index (χ0v) is 11.9. The van der Waals surface area contributed by atoms with Gasteiger partial charge in [-0.3, -0.25) is 10.1 Å². The van der Waals surface area contributed by atoms with E-state index in [9.17, 15) is 10.1 Å². The lowest BCUT2D eigenvalue weighted by molar-refractivity contribution is -0.385. The fourth-order valence-electron chi connectivity index (χ4n) is 1.58. The number of nitro groups is 1. The second-order valence-electron chi connectivity index (χ2n) is 4.20. The molecule has 21 heavy (non-hydrogen) atoms. The van der Waals surface area contributed by atoms with Gasteiger partial charge in [-0.05, 0) is 19.1 Å². The maximum absolute atomic E-state index is 10.8. The quantitative estimate of drug-likeness (QED) is 0.295. The standard InChI is InChI=1S/C13H12N4O3S/c1-8-2-4-10(5-3-8)21-13-11(12(14)16-18)6-9(7-15-13)17(19)20/h2-7,18H,1H3,(H2,14,16). The highest BCUT2D eigenvalue weighted by Gasteiger charge is 2.16. The van der Waals surface area contributed by atoms with E-state index in [1.165, 1.54) is 17.8 Å². The molecule has 0 fully saturated rings. The predicted octanol–water partition coefficient (Wildman–Crippen LogP) is 2.54. The monoisotopic (exact) mass is 304 g/mol. The van der Waals surface area contributed by atoms with Gasteiger partial charge in [0.25, 0.3) is 5.69 Å². The first-order valence-corrected chi connectivity index (χ1v) is 6.69. The Bertz CT molecular complexity index is 701. The fraction of sp³-hybridized carbons (Fsp3) is 0.0769. The molecule has 0 saturated carbocycles. The number of nitrogens with two attached hydrogens (primary N) is 1. The summed E-state index contributed by atoms with van der Waals surface area (Å²) in [5, 5.41) is 22.9. The van der Waals surface area contributed by atoms with Crippen LogP contribution in [0.5, 0.6) is 0 Å². The number of hydrogen-bond acceptors (Lipinski definition) is 6. The molecule has 2 aromatic rings. The summed E-state index contributed by atoms with van der Waals surface area (Å²) in [5.41, 5.74) is 6.69. The molecule has 0 radical (unpaired) electrons. The van der Waals surface area contributed by atoms with E-state index in [-0.39, 0.29) is 17.1 Å². The lowest BCUT2D eigenvalue weighted by atomic mass is 10.2. The first-order valence-electron chi connectivity index (χ1n) is 5.88. The molecule has 0 bridgehead atoms. The minimum Gasteiger partial charge on any atom is -0.409 e. The normalized spacial score (nSPS) is 11.4. The number of hydrogen-bond donors (Lipinski definition) is 2. The van der Waals surface area contributed by atoms with Gasteiger partial charge in [0.05, 0.1) is 10.5 Å². The first-order chi connectivity index (χ1) is 10.0. The fourth-order valence-corrected chi connectivity index (χ4v) is 2.45. The average molecular weight is 304 g/mol. The van der Waals surface area contributed by atoms with Crippen LogP contribution >= 0.6 is 11.8 Å². The maximum Gasteiger partial charge on any atom is 0.288 e. The van der Waals surface area contributed by atoms with Crippen molar-refractivity contribution in [2.45, 2.75) is 16.8 Å². The predicted molar refractivity (Wildman–Crippen MR) is 78.7 cm³/mol. The van der Waals surface area contributed by atoms with E-state index in [1.54, 1.807) is 0 Å². The van der Waals surface area contributed by atoms with Crippen LogP contribution in [-0.4, -0.2) is 21.0 Å². The van der Waals surface area contributed by atoms with Crippen molar-refractivity contribution in [3.8, 4) is 0 Å². The van der Waals surface area contributed by atoms with Crippen LogP contribution in [0.2, 0.25) is 0 Å². The van der Waals surface area contributed by atoms with Crippen molar-refractivity contribution in [3.05, 3.63) is 57.8 Å². The Morgan fingerprint density at radius 2 is 2.10 bits per heavy atom. The van der Waals surface area contributed by atoms with Crippen molar-refractivity contribution in [2.24, 2.45) is 10.9 Å². The minimum atomic E-state index is -0.582. The molecule has 2 rings (SSSR count). The van der Waals surface area contributed by atoms with Crippen LogP contribution in [0.4, 0.5) is 5.69 Å². The Morgan fingerprint density at radius 1 is 1.43 bits per heavy atom. The number of aromatic nitrogens is 1. The highest BCUT2D eigenvalue weighted by atomic mass is 32.2. The molecule has 1 aromatic carbocycles. The smallest absolute Gasteiger partial charge is 0.288 e. The average Bonchev–Trinajstić information content (AvgIpc) is 2.49. The third kappa shape index (κ3) is 3.48. The van der Waals surface area contributed by atoms with Gasteiger partial charge in [0.1, 0.15) is 11.2 Å². The van der Waals surface area contributed by atoms with Crippen LogP contribution in [0.1, 0.15) is 11.1 Å². The topological polar surface area (TPSA) is 115 Å². The SMILES string of the molecule is Cc1ccc(Sc2ncc([N+](=O)[O-])cc2C(N)=NO)cc1. The van der Waals surface area contributed by atoms with Crippen molar-refractivity contribution in [3.63, 3.8) is 0 Å². The zero-order chi connectivity index (χ0) is 15.4. The molecule has 1 heterocycles. The molecule has 0 saturated heterocycles. The summed E-state index contributed by atoms with van der Waals surface area (Å²) in [6, 6.07) is 8.92. The molecule has 0 amide bonds. The molecule has 0 unspecified atom stereocenters. The lowest BCUT2D eigenvalue weighted by Gasteiger charge is -2.07. The first kappa shape index (κ1) is 14.8. The van der Waals surface area contributed by atoms with Crippen molar-refractivity contribution in [1.82, 2.24) is 4.98 Å². The third-order valence-electron chi connectivity index (χ3n) is 2.67. The van der Waals surface area contributed by atoms with Gasteiger partial charge in [-0.25, -0.2) is 4.98 Å². The largest absolute Gasteiger partial charge is 0.409 e. The van der Waals surface area contributed by atoms with E-state index in [2.05, 4.69) is 10.1 Å². The third-order valence-corrected chi connectivity index (χ3v) is 3.69. The van der Waals surface area contributed by atoms with Gasteiger partial charge in [-0.2, -0.15) is 0 Å². The van der Waals surface area contributed by atoms with Gasteiger partial charge in [-0.15, -0.1) is 0 Å². The molecule has 7 nitrogen and oxygen atoms in total. The van der Waals surface area contributed by atoms with Gasteiger partial charge in [0.2, 0.25) is 0 Å². The lowest BCUT2D eigenvalue weighted by Crippen LogP contribution is -2.15. The molecule has 0 aliphatic carbocycles. The van der Waals surface area contributed by atoms with E-state index in [4.69, 9.17) is 10.9 Å². The number of pyridine rings is 1. The highest BCUT2D eigenvalue weighted by Crippen LogP contribution is 2.30. The van der Waals surface area contributed by atoms with Crippen LogP contribution in [-0.2, 0) is 0 Å². The van der Waals surface area contributed by atoms with Crippen LogP contribution in [0, 0.1) is 17.0 Å². The number of oxime groups is 1. The number of rotatable bonds is 4. The van der Waals surface area contributed by atoms with E-state index >= 15 is 0 Å². The van der Waals surface area contributed by atoms with Gasteiger partial charge in [-0.1, -0.05) is 34.6 Å². The van der Waals surface area contributed by atoms with E-state index in [1.807, 2.05) is 31.2 Å². The summed E-state index contributed by atoms with van der Waals surface area (Å²) >= 11 is 1.28. The molecule has 0 atom stereocenters. The number of benzene rings is 1. The Kier molecular flexibility index (Phi) is 4.39. The van der Waals surface area contributed by atoms with Gasteiger partial charge >= 0.3 is 0 Å². The molecule has 3 N–H and O–H groups in total. The molecular formula is C13H12N4O3S.